The van der Waals surface area contributed by atoms with Crippen molar-refractivity contribution in [3.63, 3.8) is 0 Å². The summed E-state index contributed by atoms with van der Waals surface area (Å²) in [6.45, 7) is 0.438. The first-order chi connectivity index (χ1) is 6.72. The summed E-state index contributed by atoms with van der Waals surface area (Å²) in [5.41, 5.74) is 2.28. The Labute approximate surface area is 90.5 Å². The van der Waals surface area contributed by atoms with Crippen LogP contribution in [0.3, 0.4) is 0 Å². The predicted octanol–water partition coefficient (Wildman–Crippen LogP) is 2.33. The number of hydrogen-bond donors (Lipinski definition) is 1. The van der Waals surface area contributed by atoms with E-state index < -0.39 is 0 Å². The molecule has 3 nitrogen and oxygen atoms in total. The predicted molar refractivity (Wildman–Crippen MR) is 59.6 cm³/mol. The van der Waals surface area contributed by atoms with Gasteiger partial charge in [-0.15, -0.1) is 0 Å². The van der Waals surface area contributed by atoms with Gasteiger partial charge >= 0.3 is 0 Å². The Morgan fingerprint density at radius 2 is 2.29 bits per heavy atom. The van der Waals surface area contributed by atoms with Crippen LogP contribution in [0, 0.1) is 0 Å². The Kier molecular flexibility index (Phi) is 2.58. The molecule has 4 heteroatoms. The third-order valence-electron chi connectivity index (χ3n) is 2.27. The van der Waals surface area contributed by atoms with E-state index in [0.29, 0.717) is 6.61 Å². The van der Waals surface area contributed by atoms with Crippen LogP contribution in [0.15, 0.2) is 28.9 Å². The van der Waals surface area contributed by atoms with Crippen LogP contribution in [-0.4, -0.2) is 4.57 Å². The molecule has 0 unspecified atom stereocenters. The van der Waals surface area contributed by atoms with Crippen molar-refractivity contribution >= 4 is 26.8 Å². The summed E-state index contributed by atoms with van der Waals surface area (Å²) < 4.78 is 3.13. The van der Waals surface area contributed by atoms with Gasteiger partial charge in [-0.25, -0.2) is 5.90 Å². The molecule has 1 aromatic carbocycles. The Morgan fingerprint density at radius 3 is 3.00 bits per heavy atom. The minimum atomic E-state index is 0.438. The highest BCUT2D eigenvalue weighted by Crippen LogP contribution is 2.24. The first kappa shape index (κ1) is 9.71. The Hall–Kier alpha value is -0.840. The van der Waals surface area contributed by atoms with Gasteiger partial charge in [0.2, 0.25) is 0 Å². The SMILES string of the molecule is Cn1cc(CON)c2cc(Br)ccc21. The molecule has 0 fully saturated rings. The van der Waals surface area contributed by atoms with Crippen LogP contribution in [0.2, 0.25) is 0 Å². The van der Waals surface area contributed by atoms with Crippen LogP contribution in [0.1, 0.15) is 5.56 Å². The van der Waals surface area contributed by atoms with Gasteiger partial charge in [-0.1, -0.05) is 15.9 Å². The van der Waals surface area contributed by atoms with E-state index in [1.165, 1.54) is 10.9 Å². The molecule has 0 aliphatic heterocycles. The van der Waals surface area contributed by atoms with Crippen molar-refractivity contribution in [2.24, 2.45) is 12.9 Å². The Morgan fingerprint density at radius 1 is 1.50 bits per heavy atom. The number of rotatable bonds is 2. The maximum absolute atomic E-state index is 5.08. The number of fused-ring (bicyclic) bond motifs is 1. The van der Waals surface area contributed by atoms with Crippen LogP contribution >= 0.6 is 15.9 Å². The number of hydrogen-bond acceptors (Lipinski definition) is 2. The van der Waals surface area contributed by atoms with Crippen molar-refractivity contribution < 1.29 is 4.84 Å². The van der Waals surface area contributed by atoms with Crippen LogP contribution in [0.25, 0.3) is 10.9 Å². The lowest BCUT2D eigenvalue weighted by Crippen LogP contribution is -1.97. The zero-order valence-corrected chi connectivity index (χ0v) is 9.41. The average Bonchev–Trinajstić information content (AvgIpc) is 2.44. The van der Waals surface area contributed by atoms with E-state index in [1.807, 2.05) is 19.3 Å². The van der Waals surface area contributed by atoms with Crippen LogP contribution < -0.4 is 5.90 Å². The summed E-state index contributed by atoms with van der Waals surface area (Å²) in [6, 6.07) is 6.17. The van der Waals surface area contributed by atoms with Crippen LogP contribution in [0.5, 0.6) is 0 Å². The van der Waals surface area contributed by atoms with E-state index in [9.17, 15) is 0 Å². The quantitative estimate of drug-likeness (QED) is 0.836. The molecule has 2 N–H and O–H groups in total. The van der Waals surface area contributed by atoms with Gasteiger partial charge < -0.3 is 4.57 Å². The van der Waals surface area contributed by atoms with Gasteiger partial charge in [-0.2, -0.15) is 0 Å². The lowest BCUT2D eigenvalue weighted by Gasteiger charge is -1.97. The third kappa shape index (κ3) is 1.56. The topological polar surface area (TPSA) is 40.2 Å². The Bertz CT molecular complexity index is 464. The Balaban J connectivity index is 2.66. The fraction of sp³-hybridized carbons (Fsp3) is 0.200. The minimum absolute atomic E-state index is 0.438. The van der Waals surface area contributed by atoms with Crippen molar-refractivity contribution in [1.82, 2.24) is 4.57 Å². The van der Waals surface area contributed by atoms with Crippen LogP contribution in [0.4, 0.5) is 0 Å². The molecule has 74 valence electrons. The van der Waals surface area contributed by atoms with Gasteiger partial charge in [0.1, 0.15) is 0 Å². The van der Waals surface area contributed by atoms with Crippen molar-refractivity contribution in [1.29, 1.82) is 0 Å². The second-order valence-electron chi connectivity index (χ2n) is 3.24. The number of nitrogens with two attached hydrogens (primary N) is 1. The van der Waals surface area contributed by atoms with Crippen molar-refractivity contribution in [3.05, 3.63) is 34.4 Å². The molecule has 0 amide bonds. The summed E-state index contributed by atoms with van der Waals surface area (Å²) >= 11 is 3.45. The lowest BCUT2D eigenvalue weighted by molar-refractivity contribution is 0.125. The fourth-order valence-corrected chi connectivity index (χ4v) is 2.01. The molecule has 0 spiro atoms. The van der Waals surface area contributed by atoms with E-state index in [1.54, 1.807) is 0 Å². The molecule has 2 aromatic rings. The smallest absolute Gasteiger partial charge is 0.0950 e. The highest BCUT2D eigenvalue weighted by atomic mass is 79.9. The molecule has 0 saturated heterocycles. The number of aromatic nitrogens is 1. The molecule has 0 bridgehead atoms. The van der Waals surface area contributed by atoms with E-state index in [0.717, 1.165) is 10.0 Å². The van der Waals surface area contributed by atoms with Crippen molar-refractivity contribution in [3.8, 4) is 0 Å². The standard InChI is InChI=1S/C10H11BrN2O/c1-13-5-7(6-14-12)9-4-8(11)2-3-10(9)13/h2-5H,6,12H2,1H3. The molecule has 0 aliphatic rings. The normalized spacial score (nSPS) is 11.1. The van der Waals surface area contributed by atoms with Gasteiger partial charge in [0.15, 0.2) is 0 Å². The molecule has 14 heavy (non-hydrogen) atoms. The van der Waals surface area contributed by atoms with Crippen LogP contribution in [-0.2, 0) is 18.5 Å². The monoisotopic (exact) mass is 254 g/mol. The highest BCUT2D eigenvalue weighted by molar-refractivity contribution is 9.10. The van der Waals surface area contributed by atoms with E-state index in [-0.39, 0.29) is 0 Å². The molecule has 2 rings (SSSR count). The summed E-state index contributed by atoms with van der Waals surface area (Å²) in [5, 5.41) is 1.17. The molecule has 1 heterocycles. The molecule has 0 saturated carbocycles. The zero-order chi connectivity index (χ0) is 10.1. The first-order valence-electron chi connectivity index (χ1n) is 4.27. The zero-order valence-electron chi connectivity index (χ0n) is 7.83. The number of nitrogens with zero attached hydrogens (tertiary/aromatic N) is 1. The summed E-state index contributed by atoms with van der Waals surface area (Å²) in [4.78, 5) is 4.66. The van der Waals surface area contributed by atoms with Crippen molar-refractivity contribution in [2.45, 2.75) is 6.61 Å². The lowest BCUT2D eigenvalue weighted by atomic mass is 10.2. The number of aryl methyl sites for hydroxylation is 1. The maximum atomic E-state index is 5.08. The second-order valence-corrected chi connectivity index (χ2v) is 4.15. The molecular weight excluding hydrogens is 244 g/mol. The molecule has 0 radical (unpaired) electrons. The van der Waals surface area contributed by atoms with Gasteiger partial charge in [-0.05, 0) is 18.2 Å². The summed E-state index contributed by atoms with van der Waals surface area (Å²) in [7, 11) is 2.01. The number of halogens is 1. The van der Waals surface area contributed by atoms with Gasteiger partial charge in [-0.3, -0.25) is 4.84 Å². The minimum Gasteiger partial charge on any atom is -0.350 e. The molecular formula is C10H11BrN2O. The van der Waals surface area contributed by atoms with Gasteiger partial charge in [0, 0.05) is 34.2 Å². The number of benzene rings is 1. The molecule has 0 atom stereocenters. The maximum Gasteiger partial charge on any atom is 0.0950 e. The molecule has 1 aromatic heterocycles. The van der Waals surface area contributed by atoms with E-state index >= 15 is 0 Å². The summed E-state index contributed by atoms with van der Waals surface area (Å²) in [6.07, 6.45) is 2.03. The largest absolute Gasteiger partial charge is 0.350 e. The highest BCUT2D eigenvalue weighted by Gasteiger charge is 2.06. The summed E-state index contributed by atoms with van der Waals surface area (Å²) in [5.74, 6) is 5.08. The second kappa shape index (κ2) is 3.73. The van der Waals surface area contributed by atoms with Gasteiger partial charge in [0.05, 0.1) is 6.61 Å². The molecule has 0 aliphatic carbocycles. The first-order valence-corrected chi connectivity index (χ1v) is 5.07. The van der Waals surface area contributed by atoms with Gasteiger partial charge in [0.25, 0.3) is 0 Å². The van der Waals surface area contributed by atoms with Crippen molar-refractivity contribution in [2.75, 3.05) is 0 Å². The van der Waals surface area contributed by atoms with E-state index in [2.05, 4.69) is 37.5 Å². The third-order valence-corrected chi connectivity index (χ3v) is 2.77. The van der Waals surface area contributed by atoms with E-state index in [4.69, 9.17) is 5.90 Å². The fourth-order valence-electron chi connectivity index (χ4n) is 1.65. The average molecular weight is 255 g/mol.